The second kappa shape index (κ2) is 13.2. The quantitative estimate of drug-likeness (QED) is 0.170. The monoisotopic (exact) mass is 462 g/mol. The summed E-state index contributed by atoms with van der Waals surface area (Å²) >= 11 is 0. The van der Waals surface area contributed by atoms with Crippen molar-refractivity contribution in [3.05, 3.63) is 59.7 Å². The molecule has 0 aliphatic rings. The summed E-state index contributed by atoms with van der Waals surface area (Å²) in [6, 6.07) is 21.0. The Bertz CT molecular complexity index is 777. The van der Waals surface area contributed by atoms with Gasteiger partial charge in [0.05, 0.1) is 16.1 Å². The highest BCUT2D eigenvalue weighted by Crippen LogP contribution is 2.17. The Hall–Kier alpha value is -1.57. The number of rotatable bonds is 12. The SMILES string of the molecule is CCCCCC[Si](C)(C)c1ccc(C#Cc2ccc([Si](C)(C)CCCCCC)cc2)cc1. The van der Waals surface area contributed by atoms with Crippen LogP contribution in [0.2, 0.25) is 38.3 Å². The van der Waals surface area contributed by atoms with Gasteiger partial charge in [-0.05, 0) is 24.3 Å². The van der Waals surface area contributed by atoms with Crippen LogP contribution >= 0.6 is 0 Å². The molecule has 0 heterocycles. The average molecular weight is 463 g/mol. The lowest BCUT2D eigenvalue weighted by atomic mass is 10.2. The van der Waals surface area contributed by atoms with Crippen molar-refractivity contribution in [1.82, 2.24) is 0 Å². The van der Waals surface area contributed by atoms with Crippen LogP contribution < -0.4 is 10.4 Å². The fourth-order valence-corrected chi connectivity index (χ4v) is 9.41. The average Bonchev–Trinajstić information content (AvgIpc) is 2.79. The van der Waals surface area contributed by atoms with Crippen LogP contribution in [0.5, 0.6) is 0 Å². The summed E-state index contributed by atoms with van der Waals surface area (Å²) in [5.74, 6) is 6.77. The molecule has 0 aromatic heterocycles. The van der Waals surface area contributed by atoms with Crippen molar-refractivity contribution < 1.29 is 0 Å². The first-order chi connectivity index (χ1) is 15.3. The first-order valence-electron chi connectivity index (χ1n) is 13.0. The van der Waals surface area contributed by atoms with Crippen LogP contribution in [-0.2, 0) is 0 Å². The largest absolute Gasteiger partial charge is 0.0806 e. The first-order valence-corrected chi connectivity index (χ1v) is 19.4. The van der Waals surface area contributed by atoms with Crippen molar-refractivity contribution >= 4 is 26.5 Å². The third kappa shape index (κ3) is 8.76. The minimum absolute atomic E-state index is 1.12. The summed E-state index contributed by atoms with van der Waals surface area (Å²) in [6.07, 6.45) is 10.9. The van der Waals surface area contributed by atoms with Crippen molar-refractivity contribution in [2.24, 2.45) is 0 Å². The van der Waals surface area contributed by atoms with E-state index >= 15 is 0 Å². The molecular formula is C30H46Si2. The standard InChI is InChI=1S/C30H46Si2/c1-7-9-11-13-25-31(3,4)29-21-17-27(18-22-29)15-16-28-19-23-30(24-20-28)32(5,6)26-14-12-10-8-2/h17-24H,7-14,25-26H2,1-6H3. The lowest BCUT2D eigenvalue weighted by Crippen LogP contribution is -2.40. The number of hydrogen-bond donors (Lipinski definition) is 0. The molecule has 2 rings (SSSR count). The van der Waals surface area contributed by atoms with Gasteiger partial charge in [-0.3, -0.25) is 0 Å². The van der Waals surface area contributed by atoms with Crippen LogP contribution in [0.1, 0.15) is 76.3 Å². The van der Waals surface area contributed by atoms with Crippen molar-refractivity contribution in [2.75, 3.05) is 0 Å². The van der Waals surface area contributed by atoms with Crippen molar-refractivity contribution in [1.29, 1.82) is 0 Å². The molecule has 0 nitrogen and oxygen atoms in total. The maximum atomic E-state index is 3.38. The summed E-state index contributed by atoms with van der Waals surface area (Å²) < 4.78 is 0. The van der Waals surface area contributed by atoms with E-state index in [1.165, 1.54) is 63.5 Å². The van der Waals surface area contributed by atoms with E-state index in [2.05, 4.69) is 100 Å². The predicted octanol–water partition coefficient (Wildman–Crippen LogP) is 8.08. The van der Waals surface area contributed by atoms with Gasteiger partial charge in [-0.15, -0.1) is 0 Å². The molecule has 0 N–H and O–H groups in total. The van der Waals surface area contributed by atoms with Gasteiger partial charge in [-0.25, -0.2) is 0 Å². The van der Waals surface area contributed by atoms with E-state index in [0.717, 1.165) is 11.1 Å². The first kappa shape index (κ1) is 26.7. The lowest BCUT2D eigenvalue weighted by Gasteiger charge is -2.23. The summed E-state index contributed by atoms with van der Waals surface area (Å²) in [5.41, 5.74) is 2.25. The third-order valence-electron chi connectivity index (χ3n) is 6.99. The molecule has 0 amide bonds. The summed E-state index contributed by atoms with van der Waals surface area (Å²) in [5, 5.41) is 3.13. The highest BCUT2D eigenvalue weighted by molar-refractivity contribution is 6.90. The van der Waals surface area contributed by atoms with Gasteiger partial charge in [-0.2, -0.15) is 0 Å². The van der Waals surface area contributed by atoms with Crippen molar-refractivity contribution in [2.45, 2.75) is 103 Å². The topological polar surface area (TPSA) is 0 Å². The molecule has 0 saturated heterocycles. The highest BCUT2D eigenvalue weighted by Gasteiger charge is 2.23. The molecule has 0 atom stereocenters. The zero-order valence-corrected chi connectivity index (χ0v) is 23.7. The highest BCUT2D eigenvalue weighted by atomic mass is 28.3. The smallest absolute Gasteiger partial charge is 0.0654 e. The van der Waals surface area contributed by atoms with E-state index < -0.39 is 16.1 Å². The Kier molecular flexibility index (Phi) is 11.0. The van der Waals surface area contributed by atoms with Crippen LogP contribution in [0, 0.1) is 11.8 Å². The second-order valence-electron chi connectivity index (χ2n) is 10.8. The Labute approximate surface area is 201 Å². The van der Waals surface area contributed by atoms with E-state index in [9.17, 15) is 0 Å². The van der Waals surface area contributed by atoms with Gasteiger partial charge in [0.15, 0.2) is 0 Å². The van der Waals surface area contributed by atoms with Crippen LogP contribution in [0.3, 0.4) is 0 Å². The molecule has 0 radical (unpaired) electrons. The van der Waals surface area contributed by atoms with E-state index in [4.69, 9.17) is 0 Å². The minimum Gasteiger partial charge on any atom is -0.0654 e. The van der Waals surface area contributed by atoms with Crippen LogP contribution in [0.4, 0.5) is 0 Å². The molecule has 32 heavy (non-hydrogen) atoms. The van der Waals surface area contributed by atoms with Gasteiger partial charge >= 0.3 is 0 Å². The number of unbranched alkanes of at least 4 members (excludes halogenated alkanes) is 6. The molecule has 0 aliphatic heterocycles. The summed E-state index contributed by atoms with van der Waals surface area (Å²) in [7, 11) is -2.65. The maximum Gasteiger partial charge on any atom is 0.0806 e. The molecule has 0 aliphatic carbocycles. The fourth-order valence-electron chi connectivity index (χ4n) is 4.43. The number of benzene rings is 2. The Balaban J connectivity index is 1.97. The molecule has 2 heteroatoms. The van der Waals surface area contributed by atoms with E-state index in [0.29, 0.717) is 0 Å². The van der Waals surface area contributed by atoms with Gasteiger partial charge < -0.3 is 0 Å². The zero-order chi connectivity index (χ0) is 23.5. The van der Waals surface area contributed by atoms with Gasteiger partial charge in [-0.1, -0.05) is 150 Å². The van der Waals surface area contributed by atoms with Crippen LogP contribution in [0.15, 0.2) is 48.5 Å². The summed E-state index contributed by atoms with van der Waals surface area (Å²) in [6.45, 7) is 14.6. The maximum absolute atomic E-state index is 3.38. The Morgan fingerprint density at radius 2 is 0.844 bits per heavy atom. The molecule has 0 bridgehead atoms. The second-order valence-corrected chi connectivity index (χ2v) is 20.5. The third-order valence-corrected chi connectivity index (χ3v) is 14.0. The Morgan fingerprint density at radius 1 is 0.500 bits per heavy atom. The van der Waals surface area contributed by atoms with Gasteiger partial charge in [0.25, 0.3) is 0 Å². The van der Waals surface area contributed by atoms with Crippen LogP contribution in [0.25, 0.3) is 0 Å². The van der Waals surface area contributed by atoms with E-state index in [1.807, 2.05) is 0 Å². The molecule has 0 saturated carbocycles. The normalized spacial score (nSPS) is 11.8. The fraction of sp³-hybridized carbons (Fsp3) is 0.533. The van der Waals surface area contributed by atoms with Crippen LogP contribution in [-0.4, -0.2) is 16.1 Å². The van der Waals surface area contributed by atoms with Crippen molar-refractivity contribution in [3.63, 3.8) is 0 Å². The molecule has 2 aromatic rings. The zero-order valence-electron chi connectivity index (χ0n) is 21.7. The molecule has 0 fully saturated rings. The summed E-state index contributed by atoms with van der Waals surface area (Å²) in [4.78, 5) is 0. The van der Waals surface area contributed by atoms with E-state index in [-0.39, 0.29) is 0 Å². The molecular weight excluding hydrogens is 417 g/mol. The number of hydrogen-bond acceptors (Lipinski definition) is 0. The molecule has 0 unspecified atom stereocenters. The molecule has 2 aromatic carbocycles. The van der Waals surface area contributed by atoms with Crippen molar-refractivity contribution in [3.8, 4) is 11.8 Å². The minimum atomic E-state index is -1.32. The van der Waals surface area contributed by atoms with Gasteiger partial charge in [0, 0.05) is 11.1 Å². The molecule has 0 spiro atoms. The lowest BCUT2D eigenvalue weighted by molar-refractivity contribution is 0.697. The van der Waals surface area contributed by atoms with Gasteiger partial charge in [0.2, 0.25) is 0 Å². The molecule has 174 valence electrons. The van der Waals surface area contributed by atoms with E-state index in [1.54, 1.807) is 10.4 Å². The van der Waals surface area contributed by atoms with Gasteiger partial charge in [0.1, 0.15) is 0 Å². The Morgan fingerprint density at radius 3 is 1.16 bits per heavy atom. The predicted molar refractivity (Wildman–Crippen MR) is 151 cm³/mol.